The van der Waals surface area contributed by atoms with Crippen molar-refractivity contribution in [3.63, 3.8) is 0 Å². The molecule has 0 spiro atoms. The smallest absolute Gasteiger partial charge is 0.238 e. The van der Waals surface area contributed by atoms with Crippen molar-refractivity contribution in [3.05, 3.63) is 65.7 Å². The molecule has 0 saturated heterocycles. The third-order valence-corrected chi connectivity index (χ3v) is 3.58. The molecule has 0 aliphatic rings. The molecule has 0 atom stereocenters. The Morgan fingerprint density at radius 2 is 1.79 bits per heavy atom. The van der Waals surface area contributed by atoms with Gasteiger partial charge in [-0.15, -0.1) is 0 Å². The van der Waals surface area contributed by atoms with Crippen molar-refractivity contribution in [3.8, 4) is 0 Å². The second-order valence-corrected chi connectivity index (χ2v) is 5.48. The maximum absolute atomic E-state index is 13.2. The molecule has 4 nitrogen and oxygen atoms in total. The fourth-order valence-corrected chi connectivity index (χ4v) is 2.36. The molecule has 0 bridgehead atoms. The van der Waals surface area contributed by atoms with Crippen LogP contribution in [0.25, 0.3) is 0 Å². The average molecular weight is 333 g/mol. The van der Waals surface area contributed by atoms with Gasteiger partial charge in [-0.3, -0.25) is 9.69 Å². The van der Waals surface area contributed by atoms with Crippen molar-refractivity contribution in [1.29, 1.82) is 0 Å². The summed E-state index contributed by atoms with van der Waals surface area (Å²) in [7, 11) is 0. The van der Waals surface area contributed by atoms with Gasteiger partial charge in [0.1, 0.15) is 0 Å². The molecule has 0 heterocycles. The summed E-state index contributed by atoms with van der Waals surface area (Å²) < 4.78 is 26.1. The predicted octanol–water partition coefficient (Wildman–Crippen LogP) is 2.41. The molecule has 3 N–H and O–H groups in total. The van der Waals surface area contributed by atoms with E-state index in [-0.39, 0.29) is 18.1 Å². The van der Waals surface area contributed by atoms with Gasteiger partial charge in [0.2, 0.25) is 5.91 Å². The second kappa shape index (κ2) is 9.10. The molecule has 0 unspecified atom stereocenters. The van der Waals surface area contributed by atoms with Crippen molar-refractivity contribution in [2.75, 3.05) is 31.5 Å². The van der Waals surface area contributed by atoms with Crippen molar-refractivity contribution in [2.24, 2.45) is 5.73 Å². The molecule has 2 rings (SSSR count). The van der Waals surface area contributed by atoms with Crippen molar-refractivity contribution >= 4 is 11.6 Å². The summed E-state index contributed by atoms with van der Waals surface area (Å²) in [5.74, 6) is -2.22. The fourth-order valence-electron chi connectivity index (χ4n) is 2.36. The van der Waals surface area contributed by atoms with Crippen LogP contribution in [0, 0.1) is 11.6 Å². The highest BCUT2D eigenvalue weighted by Crippen LogP contribution is 2.13. The van der Waals surface area contributed by atoms with E-state index in [1.165, 1.54) is 11.6 Å². The summed E-state index contributed by atoms with van der Waals surface area (Å²) in [6.07, 6.45) is 0.805. The van der Waals surface area contributed by atoms with Gasteiger partial charge in [-0.05, 0) is 24.1 Å². The number of rotatable bonds is 8. The van der Waals surface area contributed by atoms with Crippen LogP contribution in [-0.4, -0.2) is 37.0 Å². The first-order valence-corrected chi connectivity index (χ1v) is 7.79. The Morgan fingerprint density at radius 3 is 2.46 bits per heavy atom. The molecular weight excluding hydrogens is 312 g/mol. The number of benzene rings is 2. The maximum Gasteiger partial charge on any atom is 0.238 e. The standard InChI is InChI=1S/C18H21F2N3O/c19-16-7-6-15(12-17(16)20)22-18(24)13-23(11-9-21)10-8-14-4-2-1-3-5-14/h1-7,12H,8-11,13,21H2,(H,22,24). The highest BCUT2D eigenvalue weighted by Gasteiger charge is 2.11. The number of nitrogens with zero attached hydrogens (tertiary/aromatic N) is 1. The molecule has 0 aromatic heterocycles. The lowest BCUT2D eigenvalue weighted by Crippen LogP contribution is -2.38. The van der Waals surface area contributed by atoms with Crippen LogP contribution in [0.15, 0.2) is 48.5 Å². The average Bonchev–Trinajstić information content (AvgIpc) is 2.57. The van der Waals surface area contributed by atoms with Gasteiger partial charge in [0.25, 0.3) is 0 Å². The molecule has 1 amide bonds. The minimum atomic E-state index is -0.990. The third-order valence-electron chi connectivity index (χ3n) is 3.58. The van der Waals surface area contributed by atoms with E-state index in [4.69, 9.17) is 5.73 Å². The monoisotopic (exact) mass is 333 g/mol. The minimum absolute atomic E-state index is 0.142. The lowest BCUT2D eigenvalue weighted by Gasteiger charge is -2.21. The summed E-state index contributed by atoms with van der Waals surface area (Å²) in [6.45, 7) is 1.85. The maximum atomic E-state index is 13.2. The molecule has 6 heteroatoms. The summed E-state index contributed by atoms with van der Waals surface area (Å²) in [5, 5.41) is 2.57. The second-order valence-electron chi connectivity index (χ2n) is 5.48. The molecule has 0 aliphatic heterocycles. The van der Waals surface area contributed by atoms with Crippen LogP contribution in [0.5, 0.6) is 0 Å². The quantitative estimate of drug-likeness (QED) is 0.780. The number of carbonyl (C=O) groups excluding carboxylic acids is 1. The predicted molar refractivity (Wildman–Crippen MR) is 90.6 cm³/mol. The number of nitrogens with one attached hydrogen (secondary N) is 1. The van der Waals surface area contributed by atoms with E-state index in [1.54, 1.807) is 0 Å². The lowest BCUT2D eigenvalue weighted by molar-refractivity contribution is -0.117. The van der Waals surface area contributed by atoms with E-state index in [0.29, 0.717) is 19.6 Å². The lowest BCUT2D eigenvalue weighted by atomic mass is 10.1. The third kappa shape index (κ3) is 5.72. The molecule has 2 aromatic rings. The Kier molecular flexibility index (Phi) is 6.84. The Hall–Kier alpha value is -2.31. The van der Waals surface area contributed by atoms with Crippen LogP contribution < -0.4 is 11.1 Å². The number of carbonyl (C=O) groups is 1. The Morgan fingerprint density at radius 1 is 1.04 bits per heavy atom. The zero-order valence-electron chi connectivity index (χ0n) is 13.3. The van der Waals surface area contributed by atoms with E-state index in [0.717, 1.165) is 18.6 Å². The van der Waals surface area contributed by atoms with E-state index in [1.807, 2.05) is 35.2 Å². The van der Waals surface area contributed by atoms with Gasteiger partial charge in [0.15, 0.2) is 11.6 Å². The summed E-state index contributed by atoms with van der Waals surface area (Å²) in [5.41, 5.74) is 7.01. The SMILES string of the molecule is NCCN(CCc1ccccc1)CC(=O)Nc1ccc(F)c(F)c1. The van der Waals surface area contributed by atoms with Crippen LogP contribution in [0.2, 0.25) is 0 Å². The number of anilines is 1. The van der Waals surface area contributed by atoms with Gasteiger partial charge in [-0.25, -0.2) is 8.78 Å². The van der Waals surface area contributed by atoms with Gasteiger partial charge < -0.3 is 11.1 Å². The van der Waals surface area contributed by atoms with Gasteiger partial charge in [0, 0.05) is 31.4 Å². The van der Waals surface area contributed by atoms with Crippen molar-refractivity contribution in [2.45, 2.75) is 6.42 Å². The van der Waals surface area contributed by atoms with Crippen LogP contribution in [0.4, 0.5) is 14.5 Å². The zero-order valence-corrected chi connectivity index (χ0v) is 13.3. The number of nitrogens with two attached hydrogens (primary N) is 1. The Bertz CT molecular complexity index is 665. The normalized spacial score (nSPS) is 10.8. The Labute approximate surface area is 140 Å². The number of amides is 1. The molecule has 24 heavy (non-hydrogen) atoms. The first-order valence-electron chi connectivity index (χ1n) is 7.79. The fraction of sp³-hybridized carbons (Fsp3) is 0.278. The first-order chi connectivity index (χ1) is 11.6. The number of halogens is 2. The van der Waals surface area contributed by atoms with Crippen LogP contribution in [-0.2, 0) is 11.2 Å². The zero-order chi connectivity index (χ0) is 17.4. The van der Waals surface area contributed by atoms with E-state index in [9.17, 15) is 13.6 Å². The van der Waals surface area contributed by atoms with E-state index < -0.39 is 11.6 Å². The Balaban J connectivity index is 1.88. The van der Waals surface area contributed by atoms with Crippen LogP contribution >= 0.6 is 0 Å². The van der Waals surface area contributed by atoms with Gasteiger partial charge in [-0.1, -0.05) is 30.3 Å². The van der Waals surface area contributed by atoms with E-state index >= 15 is 0 Å². The molecule has 0 saturated carbocycles. The largest absolute Gasteiger partial charge is 0.329 e. The van der Waals surface area contributed by atoms with Crippen molar-refractivity contribution in [1.82, 2.24) is 4.90 Å². The van der Waals surface area contributed by atoms with Crippen molar-refractivity contribution < 1.29 is 13.6 Å². The highest BCUT2D eigenvalue weighted by atomic mass is 19.2. The molecule has 128 valence electrons. The highest BCUT2D eigenvalue weighted by molar-refractivity contribution is 5.92. The van der Waals surface area contributed by atoms with Gasteiger partial charge >= 0.3 is 0 Å². The first kappa shape index (κ1) is 18.0. The minimum Gasteiger partial charge on any atom is -0.329 e. The molecule has 2 aromatic carbocycles. The summed E-state index contributed by atoms with van der Waals surface area (Å²) >= 11 is 0. The van der Waals surface area contributed by atoms with Gasteiger partial charge in [-0.2, -0.15) is 0 Å². The molecule has 0 aliphatic carbocycles. The molecular formula is C18H21F2N3O. The van der Waals surface area contributed by atoms with Crippen LogP contribution in [0.1, 0.15) is 5.56 Å². The van der Waals surface area contributed by atoms with Gasteiger partial charge in [0.05, 0.1) is 6.54 Å². The summed E-state index contributed by atoms with van der Waals surface area (Å²) in [4.78, 5) is 14.0. The topological polar surface area (TPSA) is 58.4 Å². The summed E-state index contributed by atoms with van der Waals surface area (Å²) in [6, 6.07) is 13.2. The van der Waals surface area contributed by atoms with E-state index in [2.05, 4.69) is 5.32 Å². The van der Waals surface area contributed by atoms with Crippen LogP contribution in [0.3, 0.4) is 0 Å². The molecule has 0 radical (unpaired) electrons. The molecule has 0 fully saturated rings. The number of hydrogen-bond acceptors (Lipinski definition) is 3. The number of hydrogen-bond donors (Lipinski definition) is 2.